The molecule has 0 unspecified atom stereocenters. The van der Waals surface area contributed by atoms with E-state index in [1.165, 1.54) is 5.56 Å². The summed E-state index contributed by atoms with van der Waals surface area (Å²) < 4.78 is 1.66. The number of fused-ring (bicyclic) bond motifs is 1. The van der Waals surface area contributed by atoms with Crippen LogP contribution in [-0.2, 0) is 4.79 Å². The normalized spacial score (nSPS) is 16.3. The van der Waals surface area contributed by atoms with Crippen molar-refractivity contribution in [2.24, 2.45) is 0 Å². The predicted octanol–water partition coefficient (Wildman–Crippen LogP) is 3.37. The maximum atomic E-state index is 12.5. The van der Waals surface area contributed by atoms with Crippen LogP contribution in [-0.4, -0.2) is 25.7 Å². The highest BCUT2D eigenvalue weighted by atomic mass is 16.1. The van der Waals surface area contributed by atoms with Crippen molar-refractivity contribution in [3.8, 4) is 5.95 Å². The van der Waals surface area contributed by atoms with E-state index in [4.69, 9.17) is 0 Å². The van der Waals surface area contributed by atoms with Crippen molar-refractivity contribution in [3.63, 3.8) is 0 Å². The van der Waals surface area contributed by atoms with Crippen LogP contribution in [0.2, 0.25) is 0 Å². The van der Waals surface area contributed by atoms with Gasteiger partial charge >= 0.3 is 0 Å². The molecule has 0 aliphatic carbocycles. The van der Waals surface area contributed by atoms with Gasteiger partial charge in [-0.3, -0.25) is 4.79 Å². The number of carbonyl (C=O) groups excluding carboxylic acids is 1. The number of aryl methyl sites for hydroxylation is 4. The summed E-state index contributed by atoms with van der Waals surface area (Å²) in [6.07, 6.45) is 0.415. The van der Waals surface area contributed by atoms with Gasteiger partial charge in [0.1, 0.15) is 5.82 Å². The Morgan fingerprint density at radius 1 is 1.08 bits per heavy atom. The third-order valence-corrected chi connectivity index (χ3v) is 4.83. The summed E-state index contributed by atoms with van der Waals surface area (Å²) >= 11 is 0. The highest BCUT2D eigenvalue weighted by Crippen LogP contribution is 2.40. The maximum Gasteiger partial charge on any atom is 0.252 e. The Labute approximate surface area is 152 Å². The van der Waals surface area contributed by atoms with E-state index in [9.17, 15) is 4.79 Å². The van der Waals surface area contributed by atoms with Crippen molar-refractivity contribution in [2.45, 2.75) is 40.0 Å². The molecule has 1 amide bonds. The molecule has 1 aliphatic heterocycles. The van der Waals surface area contributed by atoms with Gasteiger partial charge in [-0.25, -0.2) is 9.97 Å². The third kappa shape index (κ3) is 2.67. The van der Waals surface area contributed by atoms with Gasteiger partial charge in [-0.05, 0) is 44.9 Å². The lowest BCUT2D eigenvalue weighted by Gasteiger charge is -2.25. The summed E-state index contributed by atoms with van der Waals surface area (Å²) in [5.41, 5.74) is 6.00. The second-order valence-corrected chi connectivity index (χ2v) is 6.87. The van der Waals surface area contributed by atoms with Crippen LogP contribution in [0.1, 0.15) is 46.1 Å². The van der Waals surface area contributed by atoms with Gasteiger partial charge in [0.05, 0.1) is 5.69 Å². The summed E-state index contributed by atoms with van der Waals surface area (Å²) in [7, 11) is 0. The van der Waals surface area contributed by atoms with Crippen LogP contribution in [0.5, 0.6) is 0 Å². The minimum absolute atomic E-state index is 0.0143. The average molecular weight is 347 g/mol. The molecule has 1 aromatic carbocycles. The maximum absolute atomic E-state index is 12.5. The van der Waals surface area contributed by atoms with Crippen molar-refractivity contribution < 1.29 is 4.79 Å². The monoisotopic (exact) mass is 347 g/mol. The number of hydrogen-bond donors (Lipinski definition) is 1. The average Bonchev–Trinajstić information content (AvgIpc) is 2.90. The molecule has 2 aromatic heterocycles. The first-order valence-corrected chi connectivity index (χ1v) is 8.71. The second-order valence-electron chi connectivity index (χ2n) is 6.87. The topological polar surface area (TPSA) is 72.7 Å². The molecule has 0 saturated heterocycles. The molecule has 3 heterocycles. The minimum Gasteiger partial charge on any atom is -0.310 e. The molecule has 1 aliphatic rings. The van der Waals surface area contributed by atoms with E-state index in [0.717, 1.165) is 28.2 Å². The number of hydrogen-bond acceptors (Lipinski definition) is 4. The van der Waals surface area contributed by atoms with Crippen LogP contribution in [0.25, 0.3) is 5.95 Å². The number of anilines is 1. The smallest absolute Gasteiger partial charge is 0.252 e. The zero-order valence-electron chi connectivity index (χ0n) is 15.4. The molecule has 6 heteroatoms. The summed E-state index contributed by atoms with van der Waals surface area (Å²) in [6, 6.07) is 10.1. The Morgan fingerprint density at radius 3 is 2.46 bits per heavy atom. The van der Waals surface area contributed by atoms with Gasteiger partial charge in [0, 0.05) is 29.3 Å². The van der Waals surface area contributed by atoms with Gasteiger partial charge in [0.15, 0.2) is 0 Å². The van der Waals surface area contributed by atoms with Gasteiger partial charge < -0.3 is 5.32 Å². The first kappa shape index (κ1) is 16.4. The number of benzene rings is 1. The van der Waals surface area contributed by atoms with Crippen LogP contribution in [0.4, 0.5) is 5.82 Å². The lowest BCUT2D eigenvalue weighted by molar-refractivity contribution is -0.116. The van der Waals surface area contributed by atoms with Crippen LogP contribution < -0.4 is 5.32 Å². The molecular formula is C20H21N5O. The molecule has 0 bridgehead atoms. The lowest BCUT2D eigenvalue weighted by atomic mass is 9.84. The van der Waals surface area contributed by atoms with Crippen LogP contribution in [0, 0.1) is 27.7 Å². The fourth-order valence-corrected chi connectivity index (χ4v) is 3.74. The number of carbonyl (C=O) groups is 1. The molecular weight excluding hydrogens is 326 g/mol. The van der Waals surface area contributed by atoms with Gasteiger partial charge in [0.2, 0.25) is 5.91 Å². The van der Waals surface area contributed by atoms with E-state index < -0.39 is 0 Å². The molecule has 0 spiro atoms. The number of nitrogens with zero attached hydrogens (tertiary/aromatic N) is 4. The van der Waals surface area contributed by atoms with Crippen LogP contribution >= 0.6 is 0 Å². The van der Waals surface area contributed by atoms with Gasteiger partial charge in [-0.15, -0.1) is 0 Å². The highest BCUT2D eigenvalue weighted by molar-refractivity contribution is 5.95. The van der Waals surface area contributed by atoms with E-state index in [1.54, 1.807) is 4.68 Å². The number of rotatable bonds is 2. The second kappa shape index (κ2) is 6.05. The standard InChI is InChI=1S/C20H21N5O/c1-11-7-5-6-8-15(11)16-10-17(26)23-19-18(16)14(4)24-25(19)20-21-12(2)9-13(3)22-20/h5-9,16H,10H2,1-4H3,(H,23,26)/t16-/m0/s1. The zero-order chi connectivity index (χ0) is 18.4. The van der Waals surface area contributed by atoms with E-state index >= 15 is 0 Å². The zero-order valence-corrected chi connectivity index (χ0v) is 15.4. The fourth-order valence-electron chi connectivity index (χ4n) is 3.74. The first-order valence-electron chi connectivity index (χ1n) is 8.71. The van der Waals surface area contributed by atoms with Crippen molar-refractivity contribution in [1.29, 1.82) is 0 Å². The first-order chi connectivity index (χ1) is 12.4. The molecule has 4 rings (SSSR count). The van der Waals surface area contributed by atoms with Gasteiger partial charge in [-0.1, -0.05) is 24.3 Å². The summed E-state index contributed by atoms with van der Waals surface area (Å²) in [5, 5.41) is 7.65. The molecule has 0 saturated carbocycles. The Bertz CT molecular complexity index is 1000. The summed E-state index contributed by atoms with van der Waals surface area (Å²) in [6.45, 7) is 7.90. The molecule has 1 atom stereocenters. The Hall–Kier alpha value is -3.02. The van der Waals surface area contributed by atoms with E-state index in [2.05, 4.69) is 39.4 Å². The Balaban J connectivity index is 1.92. The molecule has 3 aromatic rings. The number of aromatic nitrogens is 4. The van der Waals surface area contributed by atoms with Crippen LogP contribution in [0.3, 0.4) is 0 Å². The molecule has 0 radical (unpaired) electrons. The van der Waals surface area contributed by atoms with Gasteiger partial charge in [0.25, 0.3) is 5.95 Å². The molecule has 132 valence electrons. The van der Waals surface area contributed by atoms with E-state index in [1.807, 2.05) is 39.0 Å². The summed E-state index contributed by atoms with van der Waals surface area (Å²) in [4.78, 5) is 21.5. The quantitative estimate of drug-likeness (QED) is 0.771. The Morgan fingerprint density at radius 2 is 1.77 bits per heavy atom. The molecule has 26 heavy (non-hydrogen) atoms. The van der Waals surface area contributed by atoms with Crippen molar-refractivity contribution in [2.75, 3.05) is 5.32 Å². The summed E-state index contributed by atoms with van der Waals surface area (Å²) in [5.74, 6) is 1.13. The van der Waals surface area contributed by atoms with Gasteiger partial charge in [-0.2, -0.15) is 9.78 Å². The van der Waals surface area contributed by atoms with Crippen molar-refractivity contribution in [3.05, 3.63) is 64.1 Å². The third-order valence-electron chi connectivity index (χ3n) is 4.83. The largest absolute Gasteiger partial charge is 0.310 e. The number of amides is 1. The van der Waals surface area contributed by atoms with Crippen molar-refractivity contribution in [1.82, 2.24) is 19.7 Å². The SMILES string of the molecule is Cc1cc(C)nc(-n2nc(C)c3c2NC(=O)C[C@H]3c2ccccc2C)n1. The fraction of sp³-hybridized carbons (Fsp3) is 0.300. The lowest BCUT2D eigenvalue weighted by Crippen LogP contribution is -2.25. The molecule has 6 nitrogen and oxygen atoms in total. The van der Waals surface area contributed by atoms with E-state index in [-0.39, 0.29) is 11.8 Å². The van der Waals surface area contributed by atoms with Crippen LogP contribution in [0.15, 0.2) is 30.3 Å². The highest BCUT2D eigenvalue weighted by Gasteiger charge is 2.33. The minimum atomic E-state index is -0.0173. The molecule has 0 fully saturated rings. The number of nitrogens with one attached hydrogen (secondary N) is 1. The van der Waals surface area contributed by atoms with E-state index in [0.29, 0.717) is 18.2 Å². The van der Waals surface area contributed by atoms with Crippen molar-refractivity contribution >= 4 is 11.7 Å². The Kier molecular flexibility index (Phi) is 3.83. The predicted molar refractivity (Wildman–Crippen MR) is 99.6 cm³/mol. The molecule has 1 N–H and O–H groups in total.